The molecule has 0 saturated carbocycles. The van der Waals surface area contributed by atoms with Crippen LogP contribution in [0.3, 0.4) is 0 Å². The Morgan fingerprint density at radius 1 is 0.536 bits per heavy atom. The van der Waals surface area contributed by atoms with Gasteiger partial charge in [0.2, 0.25) is 0 Å². The SMILES string of the molecule is Nc1ccc(-c2ccccc2-c2ccc(N)c(C(F)(F)F)c2C(F)(F)F)cc1. The van der Waals surface area contributed by atoms with Crippen LogP contribution in [0.15, 0.2) is 60.7 Å². The van der Waals surface area contributed by atoms with Gasteiger partial charge in [0.15, 0.2) is 0 Å². The van der Waals surface area contributed by atoms with E-state index in [1.165, 1.54) is 18.2 Å². The van der Waals surface area contributed by atoms with Crippen molar-refractivity contribution in [3.05, 3.63) is 71.8 Å². The third-order valence-electron chi connectivity index (χ3n) is 4.24. The zero-order valence-corrected chi connectivity index (χ0v) is 14.2. The minimum absolute atomic E-state index is 0.00472. The van der Waals surface area contributed by atoms with Gasteiger partial charge in [-0.15, -0.1) is 0 Å². The standard InChI is InChI=1S/C20H14F6N2/c21-19(22,23)17-15(9-10-16(28)18(17)20(24,25)26)14-4-2-1-3-13(14)11-5-7-12(27)8-6-11/h1-10H,27-28H2. The molecule has 0 bridgehead atoms. The van der Waals surface area contributed by atoms with Crippen LogP contribution in [0, 0.1) is 0 Å². The molecule has 0 unspecified atom stereocenters. The van der Waals surface area contributed by atoms with Crippen molar-refractivity contribution >= 4 is 11.4 Å². The zero-order valence-electron chi connectivity index (χ0n) is 14.2. The second-order valence-corrected chi connectivity index (χ2v) is 6.12. The van der Waals surface area contributed by atoms with Gasteiger partial charge in [0, 0.05) is 11.4 Å². The van der Waals surface area contributed by atoms with Crippen LogP contribution in [0.4, 0.5) is 37.7 Å². The monoisotopic (exact) mass is 396 g/mol. The zero-order chi connectivity index (χ0) is 20.7. The van der Waals surface area contributed by atoms with Crippen LogP contribution in [0.2, 0.25) is 0 Å². The van der Waals surface area contributed by atoms with Crippen molar-refractivity contribution < 1.29 is 26.3 Å². The van der Waals surface area contributed by atoms with Crippen LogP contribution in [0.1, 0.15) is 11.1 Å². The molecule has 8 heteroatoms. The maximum absolute atomic E-state index is 13.7. The van der Waals surface area contributed by atoms with E-state index in [-0.39, 0.29) is 5.56 Å². The number of rotatable bonds is 2. The molecule has 0 aliphatic heterocycles. The molecule has 0 spiro atoms. The van der Waals surface area contributed by atoms with Gasteiger partial charge in [-0.25, -0.2) is 0 Å². The maximum Gasteiger partial charge on any atom is 0.419 e. The van der Waals surface area contributed by atoms with Crippen LogP contribution in [-0.2, 0) is 12.4 Å². The van der Waals surface area contributed by atoms with Gasteiger partial charge >= 0.3 is 12.4 Å². The highest BCUT2D eigenvalue weighted by Crippen LogP contribution is 2.48. The summed E-state index contributed by atoms with van der Waals surface area (Å²) in [5.41, 5.74) is 6.96. The summed E-state index contributed by atoms with van der Waals surface area (Å²) in [6.45, 7) is 0. The van der Waals surface area contributed by atoms with Crippen molar-refractivity contribution in [3.63, 3.8) is 0 Å². The first kappa shape index (κ1) is 19.6. The Hall–Kier alpha value is -3.16. The van der Waals surface area contributed by atoms with E-state index in [1.807, 2.05) is 0 Å². The first-order chi connectivity index (χ1) is 13.0. The van der Waals surface area contributed by atoms with Crippen LogP contribution in [-0.4, -0.2) is 0 Å². The van der Waals surface area contributed by atoms with Gasteiger partial charge in [0.1, 0.15) is 0 Å². The second kappa shape index (κ2) is 6.78. The largest absolute Gasteiger partial charge is 0.419 e. The predicted molar refractivity (Wildman–Crippen MR) is 96.1 cm³/mol. The first-order valence-corrected chi connectivity index (χ1v) is 8.02. The third-order valence-corrected chi connectivity index (χ3v) is 4.24. The molecular formula is C20H14F6N2. The summed E-state index contributed by atoms with van der Waals surface area (Å²) in [5.74, 6) is 0. The minimum atomic E-state index is -5.26. The average molecular weight is 396 g/mol. The first-order valence-electron chi connectivity index (χ1n) is 8.02. The molecule has 3 aromatic carbocycles. The lowest BCUT2D eigenvalue weighted by molar-refractivity contribution is -0.161. The molecule has 3 aromatic rings. The summed E-state index contributed by atoms with van der Waals surface area (Å²) in [7, 11) is 0. The minimum Gasteiger partial charge on any atom is -0.399 e. The fraction of sp³-hybridized carbons (Fsp3) is 0.100. The molecule has 3 rings (SSSR count). The number of hydrogen-bond acceptors (Lipinski definition) is 2. The van der Waals surface area contributed by atoms with E-state index in [4.69, 9.17) is 11.5 Å². The number of anilines is 2. The molecule has 0 amide bonds. The van der Waals surface area contributed by atoms with E-state index >= 15 is 0 Å². The number of nitrogen functional groups attached to an aromatic ring is 2. The number of benzene rings is 3. The maximum atomic E-state index is 13.7. The molecule has 0 aliphatic rings. The highest BCUT2D eigenvalue weighted by Gasteiger charge is 2.46. The smallest absolute Gasteiger partial charge is 0.399 e. The van der Waals surface area contributed by atoms with E-state index in [9.17, 15) is 26.3 Å². The molecule has 2 nitrogen and oxygen atoms in total. The van der Waals surface area contributed by atoms with Crippen molar-refractivity contribution in [2.45, 2.75) is 12.4 Å². The lowest BCUT2D eigenvalue weighted by Gasteiger charge is -2.22. The Balaban J connectivity index is 2.36. The van der Waals surface area contributed by atoms with Gasteiger partial charge in [-0.05, 0) is 40.5 Å². The fourth-order valence-corrected chi connectivity index (χ4v) is 3.08. The molecule has 0 radical (unpaired) electrons. The van der Waals surface area contributed by atoms with Crippen molar-refractivity contribution in [2.24, 2.45) is 0 Å². The number of halogens is 6. The quantitative estimate of drug-likeness (QED) is 0.399. The molecule has 146 valence electrons. The highest BCUT2D eigenvalue weighted by atomic mass is 19.4. The Bertz CT molecular complexity index is 1000. The molecule has 0 aliphatic carbocycles. The number of hydrogen-bond donors (Lipinski definition) is 2. The Morgan fingerprint density at radius 2 is 1.07 bits per heavy atom. The highest BCUT2D eigenvalue weighted by molar-refractivity contribution is 5.87. The Kier molecular flexibility index (Phi) is 4.74. The molecule has 0 atom stereocenters. The second-order valence-electron chi connectivity index (χ2n) is 6.12. The summed E-state index contributed by atoms with van der Waals surface area (Å²) >= 11 is 0. The van der Waals surface area contributed by atoms with Crippen molar-refractivity contribution in [1.82, 2.24) is 0 Å². The van der Waals surface area contributed by atoms with E-state index < -0.39 is 34.7 Å². The molecular weight excluding hydrogens is 382 g/mol. The summed E-state index contributed by atoms with van der Waals surface area (Å²) < 4.78 is 81.4. The third kappa shape index (κ3) is 3.62. The molecule has 0 saturated heterocycles. The van der Waals surface area contributed by atoms with Crippen LogP contribution >= 0.6 is 0 Å². The van der Waals surface area contributed by atoms with Gasteiger partial charge < -0.3 is 11.5 Å². The number of alkyl halides is 6. The van der Waals surface area contributed by atoms with Gasteiger partial charge in [-0.3, -0.25) is 0 Å². The summed E-state index contributed by atoms with van der Waals surface area (Å²) in [6.07, 6.45) is -10.5. The Labute approximate surface area is 156 Å². The molecule has 0 heterocycles. The molecule has 4 N–H and O–H groups in total. The van der Waals surface area contributed by atoms with Gasteiger partial charge in [-0.2, -0.15) is 26.3 Å². The van der Waals surface area contributed by atoms with Crippen LogP contribution < -0.4 is 11.5 Å². The number of nitrogens with two attached hydrogens (primary N) is 2. The van der Waals surface area contributed by atoms with E-state index in [0.717, 1.165) is 12.1 Å². The average Bonchev–Trinajstić information content (AvgIpc) is 2.60. The van der Waals surface area contributed by atoms with Crippen LogP contribution in [0.25, 0.3) is 22.3 Å². The van der Waals surface area contributed by atoms with Crippen LogP contribution in [0.5, 0.6) is 0 Å². The van der Waals surface area contributed by atoms with Crippen molar-refractivity contribution in [2.75, 3.05) is 11.5 Å². The topological polar surface area (TPSA) is 52.0 Å². The van der Waals surface area contributed by atoms with E-state index in [1.54, 1.807) is 30.3 Å². The molecule has 0 fully saturated rings. The normalized spacial score (nSPS) is 12.2. The summed E-state index contributed by atoms with van der Waals surface area (Å²) in [6, 6.07) is 14.0. The van der Waals surface area contributed by atoms with E-state index in [0.29, 0.717) is 16.8 Å². The predicted octanol–water partition coefficient (Wildman–Crippen LogP) is 6.22. The van der Waals surface area contributed by atoms with Gasteiger partial charge in [0.05, 0.1) is 11.1 Å². The van der Waals surface area contributed by atoms with Crippen molar-refractivity contribution in [3.8, 4) is 22.3 Å². The Morgan fingerprint density at radius 3 is 1.61 bits per heavy atom. The van der Waals surface area contributed by atoms with Crippen molar-refractivity contribution in [1.29, 1.82) is 0 Å². The van der Waals surface area contributed by atoms with Gasteiger partial charge in [-0.1, -0.05) is 42.5 Å². The summed E-state index contributed by atoms with van der Waals surface area (Å²) in [4.78, 5) is 0. The van der Waals surface area contributed by atoms with E-state index in [2.05, 4.69) is 0 Å². The molecule has 0 aromatic heterocycles. The lowest BCUT2D eigenvalue weighted by atomic mass is 9.88. The fourth-order valence-electron chi connectivity index (χ4n) is 3.08. The molecule has 28 heavy (non-hydrogen) atoms. The lowest BCUT2D eigenvalue weighted by Crippen LogP contribution is -2.20. The van der Waals surface area contributed by atoms with Gasteiger partial charge in [0.25, 0.3) is 0 Å². The summed E-state index contributed by atoms with van der Waals surface area (Å²) in [5, 5.41) is 0.